The number of hydrogen-bond donors (Lipinski definition) is 0. The quantitative estimate of drug-likeness (QED) is 0.744. The third-order valence-electron chi connectivity index (χ3n) is 2.75. The summed E-state index contributed by atoms with van der Waals surface area (Å²) >= 11 is 3.32. The fraction of sp³-hybridized carbons (Fsp3) is 0.133. The summed E-state index contributed by atoms with van der Waals surface area (Å²) in [5, 5.41) is 0. The molecule has 19 heavy (non-hydrogen) atoms. The highest BCUT2D eigenvalue weighted by Gasteiger charge is 2.15. The van der Waals surface area contributed by atoms with E-state index >= 15 is 0 Å². The van der Waals surface area contributed by atoms with Crippen molar-refractivity contribution in [3.05, 3.63) is 57.6 Å². The fourth-order valence-electron chi connectivity index (χ4n) is 1.88. The number of hydrogen-bond acceptors (Lipinski definition) is 2. The van der Waals surface area contributed by atoms with Crippen molar-refractivity contribution in [2.45, 2.75) is 13.8 Å². The molecule has 0 spiro atoms. The van der Waals surface area contributed by atoms with Gasteiger partial charge in [-0.1, -0.05) is 22.0 Å². The smallest absolute Gasteiger partial charge is 0.277 e. The zero-order valence-corrected chi connectivity index (χ0v) is 12.2. The Hall–Kier alpha value is -1.81. The van der Waals surface area contributed by atoms with Gasteiger partial charge in [0.15, 0.2) is 5.78 Å². The van der Waals surface area contributed by atoms with Crippen molar-refractivity contribution in [1.82, 2.24) is 0 Å². The molecule has 1 aliphatic rings. The van der Waals surface area contributed by atoms with Crippen LogP contribution in [-0.4, -0.2) is 17.4 Å². The second kappa shape index (κ2) is 5.45. The summed E-state index contributed by atoms with van der Waals surface area (Å²) in [6, 6.07) is 7.06. The Labute approximate surface area is 119 Å². The van der Waals surface area contributed by atoms with Crippen LogP contribution < -0.4 is 0 Å². The first kappa shape index (κ1) is 13.6. The van der Waals surface area contributed by atoms with E-state index in [1.807, 2.05) is 6.07 Å². The molecular weight excluding hydrogens is 306 g/mol. The van der Waals surface area contributed by atoms with Crippen LogP contribution in [0.25, 0.3) is 0 Å². The van der Waals surface area contributed by atoms with Crippen LogP contribution in [0.15, 0.2) is 57.0 Å². The summed E-state index contributed by atoms with van der Waals surface area (Å²) in [5.74, 6) is -0.380. The van der Waals surface area contributed by atoms with Gasteiger partial charge in [0, 0.05) is 10.0 Å². The molecule has 0 aromatic heterocycles. The maximum Gasteiger partial charge on any atom is 0.277 e. The first-order valence-corrected chi connectivity index (χ1v) is 6.56. The summed E-state index contributed by atoms with van der Waals surface area (Å²) in [6.45, 7) is 3.56. The number of carbonyl (C=O) groups is 2. The molecule has 0 atom stereocenters. The third-order valence-corrected chi connectivity index (χ3v) is 3.24. The van der Waals surface area contributed by atoms with Crippen molar-refractivity contribution in [2.24, 2.45) is 4.99 Å². The maximum atomic E-state index is 12.1. The predicted octanol–water partition coefficient (Wildman–Crippen LogP) is 3.51. The average molecular weight is 318 g/mol. The van der Waals surface area contributed by atoms with Gasteiger partial charge in [0.05, 0.1) is 5.71 Å². The van der Waals surface area contributed by atoms with E-state index in [1.165, 1.54) is 12.2 Å². The molecule has 0 saturated carbocycles. The van der Waals surface area contributed by atoms with Crippen molar-refractivity contribution in [2.75, 3.05) is 0 Å². The van der Waals surface area contributed by atoms with E-state index < -0.39 is 0 Å². The molecule has 3 nitrogen and oxygen atoms in total. The van der Waals surface area contributed by atoms with Crippen LogP contribution in [0.5, 0.6) is 0 Å². The van der Waals surface area contributed by atoms with Gasteiger partial charge >= 0.3 is 0 Å². The minimum atomic E-state index is -0.314. The van der Waals surface area contributed by atoms with Crippen molar-refractivity contribution < 1.29 is 9.59 Å². The number of rotatable bonds is 1. The molecule has 1 aromatic rings. The molecule has 0 radical (unpaired) electrons. The van der Waals surface area contributed by atoms with Crippen LogP contribution >= 0.6 is 15.9 Å². The second-order valence-electron chi connectivity index (χ2n) is 4.33. The van der Waals surface area contributed by atoms with E-state index in [-0.39, 0.29) is 11.7 Å². The normalized spacial score (nSPS) is 14.9. The molecule has 0 bridgehead atoms. The summed E-state index contributed by atoms with van der Waals surface area (Å²) in [6.07, 6.45) is 2.97. The van der Waals surface area contributed by atoms with Gasteiger partial charge in [0.1, 0.15) is 0 Å². The van der Waals surface area contributed by atoms with Crippen LogP contribution in [-0.2, 0) is 4.79 Å². The molecule has 4 heteroatoms. The number of carbonyl (C=O) groups excluding carboxylic acids is 2. The molecule has 1 aromatic carbocycles. The lowest BCUT2D eigenvalue weighted by Crippen LogP contribution is -2.13. The van der Waals surface area contributed by atoms with Crippen molar-refractivity contribution in [3.63, 3.8) is 0 Å². The van der Waals surface area contributed by atoms with Crippen molar-refractivity contribution in [3.8, 4) is 0 Å². The highest BCUT2D eigenvalue weighted by atomic mass is 79.9. The Morgan fingerprint density at radius 3 is 2.37 bits per heavy atom. The number of halogens is 1. The van der Waals surface area contributed by atoms with Gasteiger partial charge in [-0.05, 0) is 55.3 Å². The van der Waals surface area contributed by atoms with Gasteiger partial charge in [0.2, 0.25) is 0 Å². The predicted molar refractivity (Wildman–Crippen MR) is 78.4 cm³/mol. The largest absolute Gasteiger partial charge is 0.290 e. The van der Waals surface area contributed by atoms with Crippen molar-refractivity contribution in [1.29, 1.82) is 0 Å². The number of amides is 1. The number of allylic oxidation sites excluding steroid dienone is 4. The van der Waals surface area contributed by atoms with E-state index in [0.29, 0.717) is 22.4 Å². The fourth-order valence-corrected chi connectivity index (χ4v) is 2.28. The number of benzene rings is 1. The van der Waals surface area contributed by atoms with Gasteiger partial charge in [-0.15, -0.1) is 0 Å². The number of aliphatic imine (C=N–C) groups is 1. The molecule has 1 amide bonds. The Bertz CT molecular complexity index is 630. The highest BCUT2D eigenvalue weighted by Crippen LogP contribution is 2.16. The van der Waals surface area contributed by atoms with Gasteiger partial charge < -0.3 is 0 Å². The molecule has 2 rings (SSSR count). The summed E-state index contributed by atoms with van der Waals surface area (Å²) < 4.78 is 0.830. The summed E-state index contributed by atoms with van der Waals surface area (Å²) in [7, 11) is 0. The highest BCUT2D eigenvalue weighted by molar-refractivity contribution is 9.10. The van der Waals surface area contributed by atoms with Crippen LogP contribution in [0.3, 0.4) is 0 Å². The van der Waals surface area contributed by atoms with E-state index in [1.54, 1.807) is 32.0 Å². The Kier molecular flexibility index (Phi) is 3.90. The minimum Gasteiger partial charge on any atom is -0.290 e. The molecule has 0 unspecified atom stereocenters. The van der Waals surface area contributed by atoms with E-state index in [2.05, 4.69) is 20.9 Å². The molecule has 0 saturated heterocycles. The second-order valence-corrected chi connectivity index (χ2v) is 5.25. The lowest BCUT2D eigenvalue weighted by atomic mass is 9.97. The Balaban J connectivity index is 2.36. The number of ketones is 1. The molecular formula is C15H12BrNO2. The zero-order valence-electron chi connectivity index (χ0n) is 10.6. The molecule has 0 fully saturated rings. The monoisotopic (exact) mass is 317 g/mol. The maximum absolute atomic E-state index is 12.1. The molecule has 0 N–H and O–H groups in total. The van der Waals surface area contributed by atoms with E-state index in [4.69, 9.17) is 0 Å². The number of nitrogens with zero attached hydrogens (tertiary/aromatic N) is 1. The third kappa shape index (κ3) is 3.15. The molecule has 96 valence electrons. The van der Waals surface area contributed by atoms with Crippen LogP contribution in [0, 0.1) is 0 Å². The SMILES string of the molecule is CC1=CC(=O)C=C(C)C1=NC(=O)c1cccc(Br)c1. The van der Waals surface area contributed by atoms with Crippen LogP contribution in [0.4, 0.5) is 0 Å². The van der Waals surface area contributed by atoms with E-state index in [0.717, 1.165) is 4.47 Å². The lowest BCUT2D eigenvalue weighted by Gasteiger charge is -2.11. The van der Waals surface area contributed by atoms with Crippen LogP contribution in [0.1, 0.15) is 24.2 Å². The Morgan fingerprint density at radius 1 is 1.16 bits per heavy atom. The van der Waals surface area contributed by atoms with Gasteiger partial charge in [0.25, 0.3) is 5.91 Å². The first-order chi connectivity index (χ1) is 8.97. The van der Waals surface area contributed by atoms with Gasteiger partial charge in [-0.2, -0.15) is 0 Å². The summed E-state index contributed by atoms with van der Waals surface area (Å²) in [4.78, 5) is 27.5. The lowest BCUT2D eigenvalue weighted by molar-refractivity contribution is -0.110. The van der Waals surface area contributed by atoms with Gasteiger partial charge in [-0.25, -0.2) is 4.99 Å². The molecule has 0 heterocycles. The topological polar surface area (TPSA) is 46.5 Å². The molecule has 1 aliphatic carbocycles. The van der Waals surface area contributed by atoms with Crippen molar-refractivity contribution >= 4 is 33.3 Å². The average Bonchev–Trinajstić information content (AvgIpc) is 2.33. The van der Waals surface area contributed by atoms with Crippen LogP contribution in [0.2, 0.25) is 0 Å². The first-order valence-electron chi connectivity index (χ1n) is 5.77. The molecule has 0 aliphatic heterocycles. The zero-order chi connectivity index (χ0) is 14.0. The minimum absolute atomic E-state index is 0.0659. The summed E-state index contributed by atoms with van der Waals surface area (Å²) in [5.41, 5.74) is 2.52. The van der Waals surface area contributed by atoms with Gasteiger partial charge in [-0.3, -0.25) is 9.59 Å². The van der Waals surface area contributed by atoms with E-state index in [9.17, 15) is 9.59 Å². The Morgan fingerprint density at radius 2 is 1.79 bits per heavy atom. The standard InChI is InChI=1S/C15H12BrNO2/c1-9-6-13(18)7-10(2)14(9)17-15(19)11-4-3-5-12(16)8-11/h3-8H,1-2H3.